The summed E-state index contributed by atoms with van der Waals surface area (Å²) >= 11 is 1.77. The van der Waals surface area contributed by atoms with E-state index < -0.39 is 0 Å². The smallest absolute Gasteiger partial charge is 0.141 e. The lowest BCUT2D eigenvalue weighted by atomic mass is 9.99. The summed E-state index contributed by atoms with van der Waals surface area (Å²) in [6.07, 6.45) is 2.86. The van der Waals surface area contributed by atoms with Crippen LogP contribution >= 0.6 is 11.3 Å². The number of hydrogen-bond donors (Lipinski definition) is 1. The Kier molecular flexibility index (Phi) is 4.44. The topological polar surface area (TPSA) is 41.1 Å². The van der Waals surface area contributed by atoms with E-state index in [4.69, 9.17) is 4.98 Å². The van der Waals surface area contributed by atoms with Gasteiger partial charge in [0.2, 0.25) is 0 Å². The lowest BCUT2D eigenvalue weighted by molar-refractivity contribution is 0.724. The number of benzene rings is 1. The minimum Gasteiger partial charge on any atom is -0.355 e. The highest BCUT2D eigenvalue weighted by Crippen LogP contribution is 2.41. The molecule has 1 aromatic carbocycles. The molecule has 4 rings (SSSR count). The van der Waals surface area contributed by atoms with Gasteiger partial charge >= 0.3 is 0 Å². The number of aromatic nitrogens is 2. The number of nitrogens with zero attached hydrogens (tertiary/aromatic N) is 3. The number of nitrogens with one attached hydrogen (secondary N) is 1. The van der Waals surface area contributed by atoms with Crippen LogP contribution < -0.4 is 10.2 Å². The van der Waals surface area contributed by atoms with Crippen LogP contribution in [0.2, 0.25) is 0 Å². The largest absolute Gasteiger partial charge is 0.355 e. The Bertz CT molecular complexity index is 907. The molecule has 1 N–H and O–H groups in total. The highest BCUT2D eigenvalue weighted by atomic mass is 32.1. The van der Waals surface area contributed by atoms with Gasteiger partial charge in [-0.2, -0.15) is 0 Å². The lowest BCUT2D eigenvalue weighted by Crippen LogP contribution is -2.28. The third-order valence-electron chi connectivity index (χ3n) is 5.08. The molecule has 0 atom stereocenters. The Morgan fingerprint density at radius 2 is 1.92 bits per heavy atom. The van der Waals surface area contributed by atoms with Gasteiger partial charge in [0, 0.05) is 30.1 Å². The molecule has 2 aromatic heterocycles. The fraction of sp³-hybridized carbons (Fsp3) is 0.400. The van der Waals surface area contributed by atoms with Crippen molar-refractivity contribution in [2.75, 3.05) is 31.1 Å². The summed E-state index contributed by atoms with van der Waals surface area (Å²) in [5, 5.41) is 4.70. The van der Waals surface area contributed by atoms with Gasteiger partial charge < -0.3 is 10.2 Å². The second kappa shape index (κ2) is 6.73. The molecule has 1 fully saturated rings. The van der Waals surface area contributed by atoms with Crippen molar-refractivity contribution in [2.24, 2.45) is 0 Å². The van der Waals surface area contributed by atoms with E-state index >= 15 is 0 Å². The van der Waals surface area contributed by atoms with E-state index in [0.29, 0.717) is 0 Å². The van der Waals surface area contributed by atoms with Crippen LogP contribution in [0.4, 0.5) is 5.82 Å². The summed E-state index contributed by atoms with van der Waals surface area (Å²) in [7, 11) is 0. The second-order valence-electron chi connectivity index (χ2n) is 6.80. The standard InChI is InChI=1S/C20H24N4S/c1-13-5-6-16(11-14(13)2)17-15(3)25-20-18(17)19(22-12-23-20)24-9-4-7-21-8-10-24/h5-6,11-12,21H,4,7-10H2,1-3H3. The summed E-state index contributed by atoms with van der Waals surface area (Å²) < 4.78 is 0. The summed E-state index contributed by atoms with van der Waals surface area (Å²) in [6, 6.07) is 6.75. The molecule has 4 nitrogen and oxygen atoms in total. The van der Waals surface area contributed by atoms with Crippen LogP contribution in [0.1, 0.15) is 22.4 Å². The Labute approximate surface area is 152 Å². The molecular weight excluding hydrogens is 328 g/mol. The van der Waals surface area contributed by atoms with Crippen LogP contribution in [0.5, 0.6) is 0 Å². The molecule has 1 saturated heterocycles. The Balaban J connectivity index is 1.91. The van der Waals surface area contributed by atoms with Crippen LogP contribution in [-0.4, -0.2) is 36.1 Å². The Morgan fingerprint density at radius 1 is 1.04 bits per heavy atom. The number of fused-ring (bicyclic) bond motifs is 1. The van der Waals surface area contributed by atoms with Crippen LogP contribution in [0.15, 0.2) is 24.5 Å². The van der Waals surface area contributed by atoms with Crippen molar-refractivity contribution in [2.45, 2.75) is 27.2 Å². The molecule has 3 heterocycles. The molecule has 5 heteroatoms. The maximum atomic E-state index is 4.71. The highest BCUT2D eigenvalue weighted by Gasteiger charge is 2.21. The number of aryl methyl sites for hydroxylation is 3. The molecule has 0 bridgehead atoms. The first-order chi connectivity index (χ1) is 12.1. The number of hydrogen-bond acceptors (Lipinski definition) is 5. The van der Waals surface area contributed by atoms with E-state index in [1.807, 2.05) is 0 Å². The van der Waals surface area contributed by atoms with Crippen molar-refractivity contribution in [3.05, 3.63) is 40.5 Å². The van der Waals surface area contributed by atoms with E-state index in [9.17, 15) is 0 Å². The minimum absolute atomic E-state index is 0.993. The molecule has 0 aliphatic carbocycles. The number of rotatable bonds is 2. The molecular formula is C20H24N4S. The molecule has 0 amide bonds. The number of thiophene rings is 1. The maximum absolute atomic E-state index is 4.71. The van der Waals surface area contributed by atoms with E-state index in [2.05, 4.69) is 54.2 Å². The molecule has 3 aromatic rings. The fourth-order valence-electron chi connectivity index (χ4n) is 3.57. The second-order valence-corrected chi connectivity index (χ2v) is 8.00. The maximum Gasteiger partial charge on any atom is 0.141 e. The van der Waals surface area contributed by atoms with Gasteiger partial charge in [-0.25, -0.2) is 9.97 Å². The average Bonchev–Trinajstić information content (AvgIpc) is 2.77. The normalized spacial score (nSPS) is 15.6. The minimum atomic E-state index is 0.993. The average molecular weight is 353 g/mol. The zero-order valence-corrected chi connectivity index (χ0v) is 15.9. The van der Waals surface area contributed by atoms with Crippen molar-refractivity contribution in [3.63, 3.8) is 0 Å². The first-order valence-electron chi connectivity index (χ1n) is 8.92. The fourth-order valence-corrected chi connectivity index (χ4v) is 4.58. The van der Waals surface area contributed by atoms with E-state index in [0.717, 1.165) is 43.2 Å². The van der Waals surface area contributed by atoms with Gasteiger partial charge in [-0.1, -0.05) is 18.2 Å². The zero-order chi connectivity index (χ0) is 17.4. The van der Waals surface area contributed by atoms with Gasteiger partial charge in [-0.15, -0.1) is 11.3 Å². The van der Waals surface area contributed by atoms with Crippen LogP contribution in [-0.2, 0) is 0 Å². The van der Waals surface area contributed by atoms with Gasteiger partial charge in [0.15, 0.2) is 0 Å². The number of anilines is 1. The SMILES string of the molecule is Cc1ccc(-c2c(C)sc3ncnc(N4CCCNCC4)c23)cc1C. The summed E-state index contributed by atoms with van der Waals surface area (Å²) in [4.78, 5) is 14.1. The predicted octanol–water partition coefficient (Wildman–Crippen LogP) is 4.08. The third-order valence-corrected chi connectivity index (χ3v) is 6.09. The van der Waals surface area contributed by atoms with Crippen LogP contribution in [0.25, 0.3) is 21.3 Å². The molecule has 0 radical (unpaired) electrons. The first-order valence-corrected chi connectivity index (χ1v) is 9.74. The van der Waals surface area contributed by atoms with Crippen molar-refractivity contribution in [3.8, 4) is 11.1 Å². The van der Waals surface area contributed by atoms with Gasteiger partial charge in [-0.05, 0) is 50.4 Å². The van der Waals surface area contributed by atoms with E-state index in [1.165, 1.54) is 32.5 Å². The Hall–Kier alpha value is -1.98. The van der Waals surface area contributed by atoms with Gasteiger partial charge in [-0.3, -0.25) is 0 Å². The van der Waals surface area contributed by atoms with Crippen molar-refractivity contribution in [1.29, 1.82) is 0 Å². The van der Waals surface area contributed by atoms with Crippen molar-refractivity contribution < 1.29 is 0 Å². The van der Waals surface area contributed by atoms with Gasteiger partial charge in [0.05, 0.1) is 5.39 Å². The lowest BCUT2D eigenvalue weighted by Gasteiger charge is -2.22. The Morgan fingerprint density at radius 3 is 2.76 bits per heavy atom. The summed E-state index contributed by atoms with van der Waals surface area (Å²) in [6.45, 7) is 10.7. The molecule has 0 unspecified atom stereocenters. The monoisotopic (exact) mass is 352 g/mol. The van der Waals surface area contributed by atoms with Gasteiger partial charge in [0.1, 0.15) is 17.0 Å². The molecule has 0 saturated carbocycles. The van der Waals surface area contributed by atoms with Gasteiger partial charge in [0.25, 0.3) is 0 Å². The van der Waals surface area contributed by atoms with Crippen LogP contribution in [0.3, 0.4) is 0 Å². The highest BCUT2D eigenvalue weighted by molar-refractivity contribution is 7.19. The molecule has 25 heavy (non-hydrogen) atoms. The first kappa shape index (κ1) is 16.5. The summed E-state index contributed by atoms with van der Waals surface area (Å²) in [5.41, 5.74) is 5.23. The zero-order valence-electron chi connectivity index (χ0n) is 15.1. The molecule has 1 aliphatic heterocycles. The molecule has 0 spiro atoms. The van der Waals surface area contributed by atoms with E-state index in [1.54, 1.807) is 17.7 Å². The van der Waals surface area contributed by atoms with Crippen LogP contribution in [0, 0.1) is 20.8 Å². The van der Waals surface area contributed by atoms with E-state index in [-0.39, 0.29) is 0 Å². The van der Waals surface area contributed by atoms with Crippen molar-refractivity contribution >= 4 is 27.4 Å². The summed E-state index contributed by atoms with van der Waals surface area (Å²) in [5.74, 6) is 1.09. The molecule has 130 valence electrons. The quantitative estimate of drug-likeness (QED) is 0.754. The third kappa shape index (κ3) is 3.02. The molecule has 1 aliphatic rings. The van der Waals surface area contributed by atoms with Crippen molar-refractivity contribution in [1.82, 2.24) is 15.3 Å². The predicted molar refractivity (Wildman–Crippen MR) is 107 cm³/mol.